The lowest BCUT2D eigenvalue weighted by Crippen LogP contribution is -2.36. The van der Waals surface area contributed by atoms with Crippen LogP contribution in [0.25, 0.3) is 16.3 Å². The van der Waals surface area contributed by atoms with Gasteiger partial charge in [0.05, 0.1) is 23.1 Å². The molecule has 8 nitrogen and oxygen atoms in total. The van der Waals surface area contributed by atoms with Crippen molar-refractivity contribution in [3.8, 4) is 11.4 Å². The molecule has 0 saturated carbocycles. The lowest BCUT2D eigenvalue weighted by Gasteiger charge is -2.05. The van der Waals surface area contributed by atoms with Gasteiger partial charge in [0, 0.05) is 24.5 Å². The van der Waals surface area contributed by atoms with Crippen LogP contribution in [0.5, 0.6) is 0 Å². The average molecular weight is 410 g/mol. The van der Waals surface area contributed by atoms with Gasteiger partial charge in [-0.05, 0) is 24.3 Å². The highest BCUT2D eigenvalue weighted by Crippen LogP contribution is 2.23. The number of pyridine rings is 1. The van der Waals surface area contributed by atoms with Crippen molar-refractivity contribution < 1.29 is 14.0 Å². The fourth-order valence-electron chi connectivity index (χ4n) is 2.66. The highest BCUT2D eigenvalue weighted by molar-refractivity contribution is 7.15. The highest BCUT2D eigenvalue weighted by Gasteiger charge is 2.16. The summed E-state index contributed by atoms with van der Waals surface area (Å²) >= 11 is 1.37. The zero-order chi connectivity index (χ0) is 20.2. The minimum atomic E-state index is -0.768. The van der Waals surface area contributed by atoms with E-state index in [-0.39, 0.29) is 12.4 Å². The summed E-state index contributed by atoms with van der Waals surface area (Å²) in [5.74, 6) is -1.60. The molecule has 3 aromatic heterocycles. The highest BCUT2D eigenvalue weighted by atomic mass is 32.1. The van der Waals surface area contributed by atoms with Gasteiger partial charge in [-0.3, -0.25) is 14.6 Å². The van der Waals surface area contributed by atoms with Gasteiger partial charge in [0.25, 0.3) is 0 Å². The summed E-state index contributed by atoms with van der Waals surface area (Å²) < 4.78 is 15.6. The Hall–Kier alpha value is -3.66. The topological polar surface area (TPSA) is 101 Å². The Bertz CT molecular complexity index is 1170. The smallest absolute Gasteiger partial charge is 0.313 e. The van der Waals surface area contributed by atoms with Gasteiger partial charge in [-0.15, -0.1) is 16.4 Å². The van der Waals surface area contributed by atoms with Gasteiger partial charge in [0.1, 0.15) is 5.82 Å². The standard InChI is InChI=1S/C19H15FN6O2S/c20-15-6-2-1-5-14(15)16-24-19-26(25-16)13(11-29-19)7-9-22-17(27)18(28)23-12-4-3-8-21-10-12/h1-6,8,10-11H,7,9H2,(H,22,27)(H,23,28). The minimum Gasteiger partial charge on any atom is -0.347 e. The summed E-state index contributed by atoms with van der Waals surface area (Å²) in [5.41, 5.74) is 1.57. The first-order valence-electron chi connectivity index (χ1n) is 8.69. The first-order valence-corrected chi connectivity index (χ1v) is 9.57. The third kappa shape index (κ3) is 4.11. The Morgan fingerprint density at radius 2 is 2.00 bits per heavy atom. The van der Waals surface area contributed by atoms with Crippen LogP contribution >= 0.6 is 11.3 Å². The van der Waals surface area contributed by atoms with Crippen LogP contribution in [-0.4, -0.2) is 37.9 Å². The van der Waals surface area contributed by atoms with Crippen molar-refractivity contribution in [2.24, 2.45) is 0 Å². The first-order chi connectivity index (χ1) is 14.1. The number of hydrogen-bond donors (Lipinski definition) is 2. The van der Waals surface area contributed by atoms with Gasteiger partial charge in [-0.25, -0.2) is 8.91 Å². The number of carbonyl (C=O) groups excluding carboxylic acids is 2. The summed E-state index contributed by atoms with van der Waals surface area (Å²) in [6.07, 6.45) is 3.45. The molecule has 0 spiro atoms. The van der Waals surface area contributed by atoms with Crippen LogP contribution in [0.2, 0.25) is 0 Å². The van der Waals surface area contributed by atoms with E-state index in [4.69, 9.17) is 0 Å². The molecule has 0 unspecified atom stereocenters. The molecule has 0 saturated heterocycles. The quantitative estimate of drug-likeness (QED) is 0.492. The predicted molar refractivity (Wildman–Crippen MR) is 106 cm³/mol. The number of hydrogen-bond acceptors (Lipinski definition) is 6. The molecule has 0 aliphatic rings. The monoisotopic (exact) mass is 410 g/mol. The maximum atomic E-state index is 14.0. The number of rotatable bonds is 5. The number of amides is 2. The van der Waals surface area contributed by atoms with E-state index in [0.29, 0.717) is 28.5 Å². The summed E-state index contributed by atoms with van der Waals surface area (Å²) in [6, 6.07) is 9.60. The number of halogens is 1. The van der Waals surface area contributed by atoms with Gasteiger partial charge in [-0.2, -0.15) is 4.98 Å². The van der Waals surface area contributed by atoms with Crippen LogP contribution < -0.4 is 10.6 Å². The first kappa shape index (κ1) is 18.7. The van der Waals surface area contributed by atoms with Crippen molar-refractivity contribution in [1.29, 1.82) is 0 Å². The number of aromatic nitrogens is 4. The molecule has 0 atom stereocenters. The summed E-state index contributed by atoms with van der Waals surface area (Å²) in [6.45, 7) is 0.236. The summed E-state index contributed by atoms with van der Waals surface area (Å²) in [7, 11) is 0. The minimum absolute atomic E-state index is 0.236. The van der Waals surface area contributed by atoms with Crippen LogP contribution in [0, 0.1) is 5.82 Å². The molecular formula is C19H15FN6O2S. The van der Waals surface area contributed by atoms with E-state index in [1.165, 1.54) is 23.6 Å². The second kappa shape index (κ2) is 8.15. The molecule has 2 N–H and O–H groups in total. The van der Waals surface area contributed by atoms with E-state index in [0.717, 1.165) is 5.69 Å². The lowest BCUT2D eigenvalue weighted by molar-refractivity contribution is -0.136. The Labute approximate surface area is 168 Å². The second-order valence-corrected chi connectivity index (χ2v) is 6.87. The molecule has 0 fully saturated rings. The van der Waals surface area contributed by atoms with Gasteiger partial charge < -0.3 is 10.6 Å². The van der Waals surface area contributed by atoms with E-state index in [2.05, 4.69) is 25.7 Å². The van der Waals surface area contributed by atoms with Crippen LogP contribution in [0.4, 0.5) is 10.1 Å². The van der Waals surface area contributed by atoms with Crippen LogP contribution in [0.1, 0.15) is 5.69 Å². The van der Waals surface area contributed by atoms with Crippen molar-refractivity contribution >= 4 is 33.8 Å². The van der Waals surface area contributed by atoms with Crippen LogP contribution in [0.3, 0.4) is 0 Å². The van der Waals surface area contributed by atoms with Crippen molar-refractivity contribution in [2.45, 2.75) is 6.42 Å². The largest absolute Gasteiger partial charge is 0.347 e. The SMILES string of the molecule is O=C(NCCc1csc2nc(-c3ccccc3F)nn12)C(=O)Nc1cccnc1. The van der Waals surface area contributed by atoms with Gasteiger partial charge in [0.2, 0.25) is 4.96 Å². The number of fused-ring (bicyclic) bond motifs is 1. The van der Waals surface area contributed by atoms with E-state index >= 15 is 0 Å². The molecule has 29 heavy (non-hydrogen) atoms. The van der Waals surface area contributed by atoms with E-state index in [9.17, 15) is 14.0 Å². The van der Waals surface area contributed by atoms with Crippen molar-refractivity contribution in [3.63, 3.8) is 0 Å². The molecule has 3 heterocycles. The van der Waals surface area contributed by atoms with E-state index < -0.39 is 11.8 Å². The maximum Gasteiger partial charge on any atom is 0.313 e. The van der Waals surface area contributed by atoms with Gasteiger partial charge in [0.15, 0.2) is 5.82 Å². The van der Waals surface area contributed by atoms with E-state index in [1.807, 2.05) is 5.38 Å². The van der Waals surface area contributed by atoms with Crippen molar-refractivity contribution in [2.75, 3.05) is 11.9 Å². The molecule has 1 aromatic carbocycles. The summed E-state index contributed by atoms with van der Waals surface area (Å²) in [4.78, 5) is 32.7. The zero-order valence-electron chi connectivity index (χ0n) is 15.0. The van der Waals surface area contributed by atoms with Crippen molar-refractivity contribution in [1.82, 2.24) is 24.9 Å². The molecule has 0 aliphatic heterocycles. The molecule has 0 aliphatic carbocycles. The Morgan fingerprint density at radius 1 is 1.14 bits per heavy atom. The molecular weight excluding hydrogens is 395 g/mol. The third-order valence-electron chi connectivity index (χ3n) is 4.06. The average Bonchev–Trinajstić information content (AvgIpc) is 3.30. The van der Waals surface area contributed by atoms with Gasteiger partial charge >= 0.3 is 11.8 Å². The Balaban J connectivity index is 1.38. The fraction of sp³-hybridized carbons (Fsp3) is 0.105. The molecule has 0 bridgehead atoms. The molecule has 2 amide bonds. The molecule has 4 rings (SSSR count). The van der Waals surface area contributed by atoms with Gasteiger partial charge in [-0.1, -0.05) is 12.1 Å². The Morgan fingerprint density at radius 3 is 2.79 bits per heavy atom. The van der Waals surface area contributed by atoms with Crippen LogP contribution in [-0.2, 0) is 16.0 Å². The normalized spacial score (nSPS) is 10.8. The molecule has 0 radical (unpaired) electrons. The predicted octanol–water partition coefficient (Wildman–Crippen LogP) is 2.29. The van der Waals surface area contributed by atoms with Crippen LogP contribution in [0.15, 0.2) is 54.2 Å². The number of anilines is 1. The number of nitrogens with zero attached hydrogens (tertiary/aromatic N) is 4. The van der Waals surface area contributed by atoms with E-state index in [1.54, 1.807) is 41.0 Å². The number of benzene rings is 1. The lowest BCUT2D eigenvalue weighted by atomic mass is 10.2. The maximum absolute atomic E-state index is 14.0. The zero-order valence-corrected chi connectivity index (χ0v) is 15.8. The Kier molecular flexibility index (Phi) is 5.25. The fourth-order valence-corrected chi connectivity index (χ4v) is 3.52. The number of nitrogens with one attached hydrogen (secondary N) is 2. The molecule has 10 heteroatoms. The second-order valence-electron chi connectivity index (χ2n) is 6.04. The third-order valence-corrected chi connectivity index (χ3v) is 4.92. The molecule has 4 aromatic rings. The molecule has 146 valence electrons. The number of thiazole rings is 1. The summed E-state index contributed by atoms with van der Waals surface area (Å²) in [5, 5.41) is 11.3. The van der Waals surface area contributed by atoms with Crippen molar-refractivity contribution in [3.05, 3.63) is 65.7 Å². The number of carbonyl (C=O) groups is 2.